The fourth-order valence-electron chi connectivity index (χ4n) is 3.82. The smallest absolute Gasteiger partial charge is 0.320 e. The third kappa shape index (κ3) is 3.80. The predicted molar refractivity (Wildman–Crippen MR) is 108 cm³/mol. The third-order valence-corrected chi connectivity index (χ3v) is 5.56. The number of hydrogen-bond acceptors (Lipinski definition) is 6. The van der Waals surface area contributed by atoms with E-state index < -0.39 is 0 Å². The average Bonchev–Trinajstić information content (AvgIpc) is 3.22. The van der Waals surface area contributed by atoms with Crippen LogP contribution in [-0.4, -0.2) is 44.1 Å². The Balaban J connectivity index is 1.36. The van der Waals surface area contributed by atoms with Crippen molar-refractivity contribution in [2.75, 3.05) is 25.4 Å². The van der Waals surface area contributed by atoms with Crippen LogP contribution in [0.1, 0.15) is 36.8 Å². The quantitative estimate of drug-likeness (QED) is 0.681. The maximum Gasteiger partial charge on any atom is 0.320 e. The number of likely N-dealkylation sites (tertiary alicyclic amines) is 1. The second-order valence-corrected chi connectivity index (χ2v) is 7.99. The van der Waals surface area contributed by atoms with Gasteiger partial charge in [-0.3, -0.25) is 4.90 Å². The minimum atomic E-state index is 0.349. The molecule has 1 saturated heterocycles. The number of aromatic nitrogens is 4. The van der Waals surface area contributed by atoms with Crippen molar-refractivity contribution in [1.29, 1.82) is 0 Å². The molecule has 1 aliphatic heterocycles. The number of nitrogen functional groups attached to an aromatic ring is 1. The number of anilines is 1. The number of nitrogens with zero attached hydrogens (tertiary/aromatic N) is 5. The molecule has 0 radical (unpaired) electrons. The summed E-state index contributed by atoms with van der Waals surface area (Å²) >= 11 is 0. The van der Waals surface area contributed by atoms with E-state index in [1.807, 2.05) is 4.57 Å². The molecule has 28 heavy (non-hydrogen) atoms. The second kappa shape index (κ2) is 7.39. The summed E-state index contributed by atoms with van der Waals surface area (Å²) in [6.45, 7) is 4.79. The highest BCUT2D eigenvalue weighted by Gasteiger charge is 2.23. The van der Waals surface area contributed by atoms with E-state index in [-0.39, 0.29) is 0 Å². The highest BCUT2D eigenvalue weighted by atomic mass is 16.5. The molecular formula is C21H26N6O. The van der Waals surface area contributed by atoms with E-state index >= 15 is 0 Å². The largest absolute Gasteiger partial charge is 0.463 e. The Bertz CT molecular complexity index is 974. The molecule has 1 aliphatic carbocycles. The number of benzene rings is 1. The van der Waals surface area contributed by atoms with Gasteiger partial charge < -0.3 is 15.0 Å². The molecule has 2 aromatic heterocycles. The van der Waals surface area contributed by atoms with Gasteiger partial charge in [0, 0.05) is 6.54 Å². The fourth-order valence-corrected chi connectivity index (χ4v) is 3.82. The lowest BCUT2D eigenvalue weighted by Gasteiger charge is -2.15. The first-order chi connectivity index (χ1) is 13.7. The summed E-state index contributed by atoms with van der Waals surface area (Å²) in [6, 6.07) is 9.11. The summed E-state index contributed by atoms with van der Waals surface area (Å²) in [5, 5.41) is 0. The van der Waals surface area contributed by atoms with Gasteiger partial charge in [-0.1, -0.05) is 24.3 Å². The van der Waals surface area contributed by atoms with E-state index in [0.29, 0.717) is 36.4 Å². The highest BCUT2D eigenvalue weighted by Crippen LogP contribution is 2.29. The maximum atomic E-state index is 6.09. The average molecular weight is 378 g/mol. The molecule has 2 aliphatic rings. The van der Waals surface area contributed by atoms with E-state index in [1.165, 1.54) is 49.9 Å². The normalized spacial score (nSPS) is 17.4. The molecule has 2 fully saturated rings. The molecule has 3 heterocycles. The van der Waals surface area contributed by atoms with Crippen molar-refractivity contribution in [1.82, 2.24) is 24.4 Å². The van der Waals surface area contributed by atoms with Gasteiger partial charge in [-0.15, -0.1) is 0 Å². The van der Waals surface area contributed by atoms with Crippen LogP contribution in [-0.2, 0) is 13.1 Å². The minimum absolute atomic E-state index is 0.349. The van der Waals surface area contributed by atoms with Crippen molar-refractivity contribution in [2.24, 2.45) is 5.92 Å². The lowest BCUT2D eigenvalue weighted by molar-refractivity contribution is 0.277. The van der Waals surface area contributed by atoms with E-state index in [0.717, 1.165) is 12.2 Å². The first kappa shape index (κ1) is 17.4. The van der Waals surface area contributed by atoms with Crippen LogP contribution < -0.4 is 10.5 Å². The van der Waals surface area contributed by atoms with Crippen molar-refractivity contribution < 1.29 is 4.74 Å². The molecule has 5 rings (SSSR count). The topological polar surface area (TPSA) is 82.1 Å². The van der Waals surface area contributed by atoms with Crippen molar-refractivity contribution in [3.63, 3.8) is 0 Å². The van der Waals surface area contributed by atoms with Crippen LogP contribution in [0.2, 0.25) is 0 Å². The first-order valence-corrected chi connectivity index (χ1v) is 10.2. The van der Waals surface area contributed by atoms with Gasteiger partial charge in [-0.25, -0.2) is 4.98 Å². The van der Waals surface area contributed by atoms with Crippen LogP contribution in [0.3, 0.4) is 0 Å². The SMILES string of the molecule is Nc1nc(OCC2CC2)nc2c1ncn2Cc1cccc(CN2CCCC2)c1. The van der Waals surface area contributed by atoms with Crippen LogP contribution in [0, 0.1) is 5.92 Å². The van der Waals surface area contributed by atoms with Gasteiger partial charge in [-0.05, 0) is 55.8 Å². The Morgan fingerprint density at radius 2 is 1.86 bits per heavy atom. The predicted octanol–water partition coefficient (Wildman–Crippen LogP) is 2.84. The monoisotopic (exact) mass is 378 g/mol. The second-order valence-electron chi connectivity index (χ2n) is 7.99. The molecule has 0 atom stereocenters. The van der Waals surface area contributed by atoms with Crippen LogP contribution in [0.4, 0.5) is 5.82 Å². The molecule has 1 aromatic carbocycles. The number of rotatable bonds is 7. The molecule has 1 saturated carbocycles. The van der Waals surface area contributed by atoms with Gasteiger partial charge in [0.2, 0.25) is 0 Å². The van der Waals surface area contributed by atoms with Crippen molar-refractivity contribution >= 4 is 17.0 Å². The van der Waals surface area contributed by atoms with Crippen LogP contribution in [0.25, 0.3) is 11.2 Å². The summed E-state index contributed by atoms with van der Waals surface area (Å²) in [5.41, 5.74) is 10.0. The highest BCUT2D eigenvalue weighted by molar-refractivity contribution is 5.81. The summed E-state index contributed by atoms with van der Waals surface area (Å²) < 4.78 is 7.76. The van der Waals surface area contributed by atoms with Crippen LogP contribution in [0.5, 0.6) is 6.01 Å². The summed E-state index contributed by atoms with van der Waals surface area (Å²) in [6.07, 6.45) is 6.86. The first-order valence-electron chi connectivity index (χ1n) is 10.2. The zero-order chi connectivity index (χ0) is 18.9. The standard InChI is InChI=1S/C21H26N6O/c22-19-18-20(25-21(24-19)28-13-15-6-7-15)27(14-23-18)12-17-5-3-4-16(10-17)11-26-8-1-2-9-26/h3-5,10,14-15H,1-2,6-9,11-13H2,(H2,22,24,25). The Kier molecular flexibility index (Phi) is 4.60. The minimum Gasteiger partial charge on any atom is -0.463 e. The summed E-state index contributed by atoms with van der Waals surface area (Å²) in [7, 11) is 0. The molecule has 0 bridgehead atoms. The summed E-state index contributed by atoms with van der Waals surface area (Å²) in [5.74, 6) is 1.01. The van der Waals surface area contributed by atoms with E-state index in [9.17, 15) is 0 Å². The Morgan fingerprint density at radius 3 is 2.64 bits per heavy atom. The van der Waals surface area contributed by atoms with Gasteiger partial charge in [0.05, 0.1) is 19.5 Å². The molecular weight excluding hydrogens is 352 g/mol. The van der Waals surface area contributed by atoms with Crippen molar-refractivity contribution in [3.05, 3.63) is 41.7 Å². The van der Waals surface area contributed by atoms with Gasteiger partial charge >= 0.3 is 6.01 Å². The Hall–Kier alpha value is -2.67. The fraction of sp³-hybridized carbons (Fsp3) is 0.476. The van der Waals surface area contributed by atoms with E-state index in [2.05, 4.69) is 44.1 Å². The molecule has 146 valence electrons. The van der Waals surface area contributed by atoms with E-state index in [1.54, 1.807) is 6.33 Å². The lowest BCUT2D eigenvalue weighted by Crippen LogP contribution is -2.18. The van der Waals surface area contributed by atoms with Crippen molar-refractivity contribution in [2.45, 2.75) is 38.8 Å². The lowest BCUT2D eigenvalue weighted by atomic mass is 10.1. The van der Waals surface area contributed by atoms with Gasteiger partial charge in [-0.2, -0.15) is 9.97 Å². The molecule has 7 nitrogen and oxygen atoms in total. The molecule has 0 amide bonds. The number of ether oxygens (including phenoxy) is 1. The maximum absolute atomic E-state index is 6.09. The Morgan fingerprint density at radius 1 is 1.07 bits per heavy atom. The van der Waals surface area contributed by atoms with Gasteiger partial charge in [0.1, 0.15) is 0 Å². The number of imidazole rings is 1. The zero-order valence-corrected chi connectivity index (χ0v) is 16.0. The van der Waals surface area contributed by atoms with E-state index in [4.69, 9.17) is 10.5 Å². The molecule has 3 aromatic rings. The Labute approximate surface area is 164 Å². The van der Waals surface area contributed by atoms with Crippen LogP contribution in [0.15, 0.2) is 30.6 Å². The summed E-state index contributed by atoms with van der Waals surface area (Å²) in [4.78, 5) is 15.8. The molecule has 0 unspecified atom stereocenters. The third-order valence-electron chi connectivity index (χ3n) is 5.56. The molecule has 2 N–H and O–H groups in total. The number of fused-ring (bicyclic) bond motifs is 1. The number of hydrogen-bond donors (Lipinski definition) is 1. The molecule has 0 spiro atoms. The van der Waals surface area contributed by atoms with Gasteiger partial charge in [0.25, 0.3) is 0 Å². The number of nitrogens with two attached hydrogens (primary N) is 1. The molecule has 7 heteroatoms. The van der Waals surface area contributed by atoms with Gasteiger partial charge in [0.15, 0.2) is 17.0 Å². The zero-order valence-electron chi connectivity index (χ0n) is 16.0. The van der Waals surface area contributed by atoms with Crippen LogP contribution >= 0.6 is 0 Å². The van der Waals surface area contributed by atoms with Crippen molar-refractivity contribution in [3.8, 4) is 6.01 Å².